The first-order valence-electron chi connectivity index (χ1n) is 1.87. The Morgan fingerprint density at radius 1 is 1.62 bits per heavy atom. The van der Waals surface area contributed by atoms with Crippen LogP contribution in [0.15, 0.2) is 22.8 Å². The van der Waals surface area contributed by atoms with Gasteiger partial charge >= 0.3 is 0 Å². The molecule has 0 unspecified atom stereocenters. The molecule has 1 heterocycles. The van der Waals surface area contributed by atoms with Gasteiger partial charge in [0.1, 0.15) is 0 Å². The summed E-state index contributed by atoms with van der Waals surface area (Å²) in [5.41, 5.74) is 0. The van der Waals surface area contributed by atoms with Gasteiger partial charge in [-0.1, -0.05) is 32.8 Å². The van der Waals surface area contributed by atoms with Gasteiger partial charge in [-0.05, 0) is 0 Å². The quantitative estimate of drug-likeness (QED) is 0.634. The van der Waals surface area contributed by atoms with Gasteiger partial charge in [-0.2, -0.15) is 12.1 Å². The molecule has 0 bridgehead atoms. The van der Waals surface area contributed by atoms with Crippen LogP contribution in [-0.4, -0.2) is 4.98 Å². The summed E-state index contributed by atoms with van der Waals surface area (Å²) >= 11 is 3.23. The number of rotatable bonds is 0. The van der Waals surface area contributed by atoms with E-state index in [-0.39, 0.29) is 32.7 Å². The molecule has 0 saturated heterocycles. The van der Waals surface area contributed by atoms with E-state index in [1.54, 1.807) is 12.3 Å². The molecule has 0 atom stereocenters. The van der Waals surface area contributed by atoms with Gasteiger partial charge < -0.3 is 4.98 Å². The second kappa shape index (κ2) is 4.60. The van der Waals surface area contributed by atoms with E-state index in [2.05, 4.69) is 27.1 Å². The third-order valence-electron chi connectivity index (χ3n) is 0.580. The first-order valence-corrected chi connectivity index (χ1v) is 2.66. The number of hydrogen-bond donors (Lipinski definition) is 0. The molecular formula is C5H3BrNY-. The molecule has 1 rings (SSSR count). The summed E-state index contributed by atoms with van der Waals surface area (Å²) in [5.74, 6) is 0. The van der Waals surface area contributed by atoms with Gasteiger partial charge in [-0.25, -0.2) is 0 Å². The molecule has 0 spiro atoms. The number of pyridine rings is 1. The number of aromatic nitrogens is 1. The molecule has 1 nitrogen and oxygen atoms in total. The van der Waals surface area contributed by atoms with Crippen molar-refractivity contribution in [3.63, 3.8) is 0 Å². The van der Waals surface area contributed by atoms with Gasteiger partial charge in [-0.15, -0.1) is 0 Å². The van der Waals surface area contributed by atoms with E-state index < -0.39 is 0 Å². The molecule has 3 heteroatoms. The molecule has 0 saturated carbocycles. The molecule has 1 aromatic rings. The van der Waals surface area contributed by atoms with Crippen molar-refractivity contribution >= 4 is 15.9 Å². The smallest absolute Gasteiger partial charge is 0 e. The summed E-state index contributed by atoms with van der Waals surface area (Å²) in [6, 6.07) is 3.64. The van der Waals surface area contributed by atoms with E-state index in [4.69, 9.17) is 0 Å². The van der Waals surface area contributed by atoms with Crippen LogP contribution in [0.5, 0.6) is 0 Å². The van der Waals surface area contributed by atoms with Crippen LogP contribution >= 0.6 is 15.9 Å². The van der Waals surface area contributed by atoms with Crippen molar-refractivity contribution in [2.45, 2.75) is 0 Å². The van der Waals surface area contributed by atoms with Crippen LogP contribution in [0.25, 0.3) is 0 Å². The van der Waals surface area contributed by atoms with Gasteiger partial charge in [0, 0.05) is 32.7 Å². The minimum atomic E-state index is 0. The van der Waals surface area contributed by atoms with Crippen LogP contribution in [0.4, 0.5) is 0 Å². The van der Waals surface area contributed by atoms with E-state index >= 15 is 0 Å². The Bertz CT molecular complexity index is 142. The Labute approximate surface area is 81.9 Å². The SMILES string of the molecule is Brc1cc[c-]nc1.[Y]. The summed E-state index contributed by atoms with van der Waals surface area (Å²) in [4.78, 5) is 3.71. The molecule has 39 valence electrons. The van der Waals surface area contributed by atoms with Crippen molar-refractivity contribution in [3.05, 3.63) is 29.0 Å². The van der Waals surface area contributed by atoms with Crippen molar-refractivity contribution in [2.24, 2.45) is 0 Å². The number of nitrogens with zero attached hydrogens (tertiary/aromatic N) is 1. The van der Waals surface area contributed by atoms with Crippen molar-refractivity contribution in [1.29, 1.82) is 0 Å². The molecule has 0 aliphatic heterocycles. The summed E-state index contributed by atoms with van der Waals surface area (Å²) in [5, 5.41) is 0. The van der Waals surface area contributed by atoms with Crippen LogP contribution in [0.1, 0.15) is 0 Å². The number of hydrogen-bond acceptors (Lipinski definition) is 1. The molecule has 1 aromatic heterocycles. The van der Waals surface area contributed by atoms with Crippen molar-refractivity contribution in [1.82, 2.24) is 4.98 Å². The Hall–Kier alpha value is 0.734. The fourth-order valence-corrected chi connectivity index (χ4v) is 0.536. The van der Waals surface area contributed by atoms with E-state index in [0.717, 1.165) is 4.47 Å². The Balaban J connectivity index is 0.000000490. The van der Waals surface area contributed by atoms with Crippen molar-refractivity contribution < 1.29 is 32.7 Å². The van der Waals surface area contributed by atoms with Gasteiger partial charge in [0.15, 0.2) is 0 Å². The first-order chi connectivity index (χ1) is 3.39. The molecule has 0 fully saturated rings. The molecule has 8 heavy (non-hydrogen) atoms. The van der Waals surface area contributed by atoms with E-state index in [1.807, 2.05) is 6.07 Å². The van der Waals surface area contributed by atoms with Crippen LogP contribution in [0.3, 0.4) is 0 Å². The number of halogens is 1. The maximum atomic E-state index is 3.71. The monoisotopic (exact) mass is 245 g/mol. The Kier molecular flexibility index (Phi) is 5.02. The maximum absolute atomic E-state index is 3.71. The average Bonchev–Trinajstić information content (AvgIpc) is 1.69. The normalized spacial score (nSPS) is 7.62. The van der Waals surface area contributed by atoms with Crippen LogP contribution in [0.2, 0.25) is 0 Å². The van der Waals surface area contributed by atoms with Crippen molar-refractivity contribution in [3.8, 4) is 0 Å². The van der Waals surface area contributed by atoms with E-state index in [1.165, 1.54) is 0 Å². The fraction of sp³-hybridized carbons (Fsp3) is 0. The van der Waals surface area contributed by atoms with Gasteiger partial charge in [-0.3, -0.25) is 0 Å². The minimum absolute atomic E-state index is 0. The molecular weight excluding hydrogens is 243 g/mol. The predicted molar refractivity (Wildman–Crippen MR) is 30.8 cm³/mol. The molecule has 0 amide bonds. The maximum Gasteiger partial charge on any atom is 0 e. The topological polar surface area (TPSA) is 12.9 Å². The third kappa shape index (κ3) is 2.90. The zero-order chi connectivity index (χ0) is 5.11. The van der Waals surface area contributed by atoms with Crippen LogP contribution < -0.4 is 0 Å². The molecule has 0 aromatic carbocycles. The molecule has 0 N–H and O–H groups in total. The zero-order valence-electron chi connectivity index (χ0n) is 4.13. The van der Waals surface area contributed by atoms with Crippen molar-refractivity contribution in [2.75, 3.05) is 0 Å². The second-order valence-corrected chi connectivity index (χ2v) is 2.02. The van der Waals surface area contributed by atoms with Crippen LogP contribution in [-0.2, 0) is 32.7 Å². The largest absolute Gasteiger partial charge is 0.393 e. The summed E-state index contributed by atoms with van der Waals surface area (Å²) < 4.78 is 0.992. The van der Waals surface area contributed by atoms with E-state index in [0.29, 0.717) is 0 Å². The molecule has 1 radical (unpaired) electrons. The average molecular weight is 246 g/mol. The Morgan fingerprint density at radius 3 is 2.62 bits per heavy atom. The third-order valence-corrected chi connectivity index (χ3v) is 1.05. The zero-order valence-corrected chi connectivity index (χ0v) is 8.56. The van der Waals surface area contributed by atoms with Crippen LogP contribution in [0, 0.1) is 6.20 Å². The fourth-order valence-electron chi connectivity index (χ4n) is 0.302. The second-order valence-electron chi connectivity index (χ2n) is 1.11. The molecule has 0 aliphatic carbocycles. The summed E-state index contributed by atoms with van der Waals surface area (Å²) in [7, 11) is 0. The summed E-state index contributed by atoms with van der Waals surface area (Å²) in [6.07, 6.45) is 4.35. The Morgan fingerprint density at radius 2 is 2.38 bits per heavy atom. The summed E-state index contributed by atoms with van der Waals surface area (Å²) in [6.45, 7) is 0. The van der Waals surface area contributed by atoms with E-state index in [9.17, 15) is 0 Å². The van der Waals surface area contributed by atoms with Gasteiger partial charge in [0.25, 0.3) is 0 Å². The predicted octanol–water partition coefficient (Wildman–Crippen LogP) is 1.64. The van der Waals surface area contributed by atoms with Gasteiger partial charge in [0.2, 0.25) is 0 Å². The minimum Gasteiger partial charge on any atom is -0.393 e. The van der Waals surface area contributed by atoms with Gasteiger partial charge in [0.05, 0.1) is 0 Å². The standard InChI is InChI=1S/C5H3BrN.Y/c6-5-2-1-3-7-4-5;/h1-2,4H;/q-1;. The first kappa shape index (κ1) is 8.73. The molecule has 0 aliphatic rings.